The molecule has 3 unspecified atom stereocenters. The zero-order chi connectivity index (χ0) is 13.1. The number of carbonyl (C=O) groups excluding carboxylic acids is 1. The Hall–Kier alpha value is -0.610. The van der Waals surface area contributed by atoms with Gasteiger partial charge in [-0.15, -0.1) is 0 Å². The molecule has 0 saturated heterocycles. The molecule has 1 amide bonds. The highest BCUT2D eigenvalue weighted by Gasteiger charge is 2.38. The van der Waals surface area contributed by atoms with E-state index >= 15 is 0 Å². The molecule has 4 nitrogen and oxygen atoms in total. The Morgan fingerprint density at radius 2 is 2.29 bits per heavy atom. The summed E-state index contributed by atoms with van der Waals surface area (Å²) in [5.41, 5.74) is 4.59. The van der Waals surface area contributed by atoms with Crippen LogP contribution in [-0.2, 0) is 4.79 Å². The van der Waals surface area contributed by atoms with Crippen LogP contribution in [0.25, 0.3) is 0 Å². The van der Waals surface area contributed by atoms with Crippen LogP contribution in [0.5, 0.6) is 0 Å². The number of hydrogen-bond acceptors (Lipinski definition) is 3. The van der Waals surface area contributed by atoms with E-state index in [1.54, 1.807) is 6.92 Å². The second-order valence-electron chi connectivity index (χ2n) is 5.89. The monoisotopic (exact) mass is 242 g/mol. The van der Waals surface area contributed by atoms with E-state index in [4.69, 9.17) is 5.73 Å². The molecule has 0 bridgehead atoms. The first-order chi connectivity index (χ1) is 7.79. The molecule has 0 heterocycles. The van der Waals surface area contributed by atoms with Crippen LogP contribution in [-0.4, -0.2) is 28.7 Å². The Kier molecular flexibility index (Phi) is 4.55. The van der Waals surface area contributed by atoms with Crippen LogP contribution in [0.2, 0.25) is 0 Å². The predicted octanol–water partition coefficient (Wildman–Crippen LogP) is 1.17. The van der Waals surface area contributed by atoms with Crippen molar-refractivity contribution in [3.63, 3.8) is 0 Å². The summed E-state index contributed by atoms with van der Waals surface area (Å²) in [6.45, 7) is 6.03. The Bertz CT molecular complexity index is 279. The van der Waals surface area contributed by atoms with E-state index in [9.17, 15) is 9.90 Å². The van der Waals surface area contributed by atoms with Gasteiger partial charge in [-0.1, -0.05) is 26.7 Å². The largest absolute Gasteiger partial charge is 0.388 e. The molecular weight excluding hydrogens is 216 g/mol. The van der Waals surface area contributed by atoms with Gasteiger partial charge >= 0.3 is 0 Å². The maximum absolute atomic E-state index is 12.1. The molecule has 17 heavy (non-hydrogen) atoms. The fourth-order valence-electron chi connectivity index (χ4n) is 2.37. The van der Waals surface area contributed by atoms with Crippen molar-refractivity contribution < 1.29 is 9.90 Å². The van der Waals surface area contributed by atoms with Gasteiger partial charge in [0.1, 0.15) is 0 Å². The van der Waals surface area contributed by atoms with E-state index in [1.807, 2.05) is 6.92 Å². The molecule has 0 aliphatic heterocycles. The lowest BCUT2D eigenvalue weighted by Gasteiger charge is -2.36. The van der Waals surface area contributed by atoms with E-state index in [1.165, 1.54) is 0 Å². The summed E-state index contributed by atoms with van der Waals surface area (Å²) >= 11 is 0. The zero-order valence-electron chi connectivity index (χ0n) is 11.3. The van der Waals surface area contributed by atoms with Gasteiger partial charge in [0.15, 0.2) is 0 Å². The molecule has 1 fully saturated rings. The summed E-state index contributed by atoms with van der Waals surface area (Å²) in [5.74, 6) is 0.393. The minimum absolute atomic E-state index is 0.113. The van der Waals surface area contributed by atoms with Gasteiger partial charge in [0.25, 0.3) is 0 Å². The first-order valence-corrected chi connectivity index (χ1v) is 6.59. The maximum atomic E-state index is 12.1. The van der Waals surface area contributed by atoms with Crippen molar-refractivity contribution in [2.45, 2.75) is 64.0 Å². The van der Waals surface area contributed by atoms with Crippen molar-refractivity contribution in [3.8, 4) is 0 Å². The minimum Gasteiger partial charge on any atom is -0.388 e. The summed E-state index contributed by atoms with van der Waals surface area (Å²) in [7, 11) is 0. The molecule has 1 aliphatic rings. The van der Waals surface area contributed by atoms with Gasteiger partial charge in [0, 0.05) is 6.54 Å². The second kappa shape index (κ2) is 5.36. The standard InChI is InChI=1S/C13H26N2O2/c1-4-12(3,17)9-15-11(16)13(14)7-5-6-10(2)8-13/h10,17H,4-9,14H2,1-3H3,(H,15,16). The summed E-state index contributed by atoms with van der Waals surface area (Å²) < 4.78 is 0. The molecule has 100 valence electrons. The van der Waals surface area contributed by atoms with E-state index in [0.29, 0.717) is 12.3 Å². The third-order valence-electron chi connectivity index (χ3n) is 3.88. The lowest BCUT2D eigenvalue weighted by Crippen LogP contribution is -2.58. The van der Waals surface area contributed by atoms with Gasteiger partial charge in [-0.05, 0) is 32.1 Å². The van der Waals surface area contributed by atoms with Crippen LogP contribution in [0.4, 0.5) is 0 Å². The fraction of sp³-hybridized carbons (Fsp3) is 0.923. The average molecular weight is 242 g/mol. The Morgan fingerprint density at radius 1 is 1.65 bits per heavy atom. The third kappa shape index (κ3) is 3.96. The van der Waals surface area contributed by atoms with Crippen molar-refractivity contribution in [2.75, 3.05) is 6.54 Å². The van der Waals surface area contributed by atoms with Crippen molar-refractivity contribution in [2.24, 2.45) is 11.7 Å². The highest BCUT2D eigenvalue weighted by molar-refractivity contribution is 5.86. The van der Waals surface area contributed by atoms with Crippen LogP contribution >= 0.6 is 0 Å². The number of hydrogen-bond donors (Lipinski definition) is 3. The molecule has 0 aromatic rings. The number of nitrogens with one attached hydrogen (secondary N) is 1. The van der Waals surface area contributed by atoms with E-state index in [0.717, 1.165) is 25.7 Å². The molecular formula is C13H26N2O2. The van der Waals surface area contributed by atoms with Gasteiger partial charge in [-0.3, -0.25) is 4.79 Å². The molecule has 3 atom stereocenters. The lowest BCUT2D eigenvalue weighted by molar-refractivity contribution is -0.129. The first kappa shape index (κ1) is 14.5. The number of amides is 1. The maximum Gasteiger partial charge on any atom is 0.240 e. The summed E-state index contributed by atoms with van der Waals surface area (Å²) in [6.07, 6.45) is 4.26. The number of aliphatic hydroxyl groups is 1. The van der Waals surface area contributed by atoms with Crippen LogP contribution in [0, 0.1) is 5.92 Å². The Balaban J connectivity index is 2.51. The van der Waals surface area contributed by atoms with E-state index in [-0.39, 0.29) is 12.5 Å². The van der Waals surface area contributed by atoms with E-state index in [2.05, 4.69) is 12.2 Å². The molecule has 4 N–H and O–H groups in total. The molecule has 4 heteroatoms. The van der Waals surface area contributed by atoms with Gasteiger partial charge < -0.3 is 16.2 Å². The highest BCUT2D eigenvalue weighted by Crippen LogP contribution is 2.30. The topological polar surface area (TPSA) is 75.3 Å². The van der Waals surface area contributed by atoms with Crippen LogP contribution in [0.15, 0.2) is 0 Å². The van der Waals surface area contributed by atoms with Crippen LogP contribution in [0.1, 0.15) is 52.9 Å². The second-order valence-corrected chi connectivity index (χ2v) is 5.89. The van der Waals surface area contributed by atoms with Gasteiger partial charge in [-0.25, -0.2) is 0 Å². The SMILES string of the molecule is CCC(C)(O)CNC(=O)C1(N)CCCC(C)C1. The van der Waals surface area contributed by atoms with Gasteiger partial charge in [0.05, 0.1) is 11.1 Å². The first-order valence-electron chi connectivity index (χ1n) is 6.59. The molecule has 1 aliphatic carbocycles. The quantitative estimate of drug-likeness (QED) is 0.692. The third-order valence-corrected chi connectivity index (χ3v) is 3.88. The fourth-order valence-corrected chi connectivity index (χ4v) is 2.37. The van der Waals surface area contributed by atoms with Crippen molar-refractivity contribution >= 4 is 5.91 Å². The number of nitrogens with two attached hydrogens (primary N) is 1. The smallest absolute Gasteiger partial charge is 0.240 e. The average Bonchev–Trinajstić information content (AvgIpc) is 2.25. The molecule has 0 aromatic carbocycles. The van der Waals surface area contributed by atoms with Gasteiger partial charge in [-0.2, -0.15) is 0 Å². The summed E-state index contributed by atoms with van der Waals surface area (Å²) in [4.78, 5) is 12.1. The van der Waals surface area contributed by atoms with Crippen LogP contribution < -0.4 is 11.1 Å². The molecule has 1 saturated carbocycles. The molecule has 1 rings (SSSR count). The number of carbonyl (C=O) groups is 1. The predicted molar refractivity (Wildman–Crippen MR) is 68.5 cm³/mol. The molecule has 0 aromatic heterocycles. The van der Waals surface area contributed by atoms with Crippen molar-refractivity contribution in [1.82, 2.24) is 5.32 Å². The highest BCUT2D eigenvalue weighted by atomic mass is 16.3. The summed E-state index contributed by atoms with van der Waals surface area (Å²) in [6, 6.07) is 0. The van der Waals surface area contributed by atoms with Crippen molar-refractivity contribution in [3.05, 3.63) is 0 Å². The lowest BCUT2D eigenvalue weighted by atomic mass is 9.76. The Morgan fingerprint density at radius 3 is 2.82 bits per heavy atom. The zero-order valence-corrected chi connectivity index (χ0v) is 11.3. The number of rotatable bonds is 4. The van der Waals surface area contributed by atoms with E-state index < -0.39 is 11.1 Å². The molecule has 0 spiro atoms. The minimum atomic E-state index is -0.841. The van der Waals surface area contributed by atoms with Crippen LogP contribution in [0.3, 0.4) is 0 Å². The van der Waals surface area contributed by atoms with Crippen molar-refractivity contribution in [1.29, 1.82) is 0 Å². The summed E-state index contributed by atoms with van der Waals surface area (Å²) in [5, 5.41) is 12.6. The Labute approximate surface area is 104 Å². The van der Waals surface area contributed by atoms with Gasteiger partial charge in [0.2, 0.25) is 5.91 Å². The normalized spacial score (nSPS) is 32.9. The molecule has 0 radical (unpaired) electrons.